The lowest BCUT2D eigenvalue weighted by Gasteiger charge is -2.22. The van der Waals surface area contributed by atoms with Gasteiger partial charge in [-0.2, -0.15) is 0 Å². The Kier molecular flexibility index (Phi) is 2.55. The molecule has 98 valence electrons. The van der Waals surface area contributed by atoms with Crippen LogP contribution >= 0.6 is 0 Å². The van der Waals surface area contributed by atoms with Crippen molar-refractivity contribution in [1.82, 2.24) is 4.98 Å². The van der Waals surface area contributed by atoms with E-state index in [-0.39, 0.29) is 30.7 Å². The molecule has 18 heavy (non-hydrogen) atoms. The van der Waals surface area contributed by atoms with Gasteiger partial charge >= 0.3 is 0 Å². The predicted octanol–water partition coefficient (Wildman–Crippen LogP) is 2.02. The highest BCUT2D eigenvalue weighted by atomic mass is 19.3. The first-order valence-electron chi connectivity index (χ1n) is 6.27. The van der Waals surface area contributed by atoms with E-state index in [9.17, 15) is 8.78 Å². The molecule has 1 unspecified atom stereocenters. The number of nitrogens with zero attached hydrogens (tertiary/aromatic N) is 2. The maximum atomic E-state index is 13.1. The van der Waals surface area contributed by atoms with Crippen LogP contribution in [0, 0.1) is 11.8 Å². The van der Waals surface area contributed by atoms with Gasteiger partial charge in [-0.3, -0.25) is 0 Å². The SMILES string of the molecule is CN(c1ccc(CN)cn1)C1[C@H]2CC(F)(F)C[C@@H]12. The standard InChI is InChI=1S/C13H17F2N3/c1-18(11-3-2-8(6-16)7-17-11)12-9-4-13(14,15)5-10(9)12/h2-3,7,9-10,12H,4-6,16H2,1H3/t9-,10+,12?. The van der Waals surface area contributed by atoms with Gasteiger partial charge in [0.05, 0.1) is 0 Å². The molecular formula is C13H17F2N3. The monoisotopic (exact) mass is 253 g/mol. The van der Waals surface area contributed by atoms with Gasteiger partial charge in [-0.05, 0) is 23.5 Å². The number of alkyl halides is 2. The summed E-state index contributed by atoms with van der Waals surface area (Å²) in [7, 11) is 1.94. The lowest BCUT2D eigenvalue weighted by Crippen LogP contribution is -2.28. The first-order valence-corrected chi connectivity index (χ1v) is 6.27. The highest BCUT2D eigenvalue weighted by Gasteiger charge is 2.64. The van der Waals surface area contributed by atoms with E-state index in [4.69, 9.17) is 5.73 Å². The lowest BCUT2D eigenvalue weighted by molar-refractivity contribution is -0.00518. The summed E-state index contributed by atoms with van der Waals surface area (Å²) in [5.41, 5.74) is 6.50. The molecular weight excluding hydrogens is 236 g/mol. The molecule has 2 N–H and O–H groups in total. The Morgan fingerprint density at radius 3 is 2.56 bits per heavy atom. The smallest absolute Gasteiger partial charge is 0.248 e. The van der Waals surface area contributed by atoms with Crippen LogP contribution in [-0.2, 0) is 6.54 Å². The molecule has 1 heterocycles. The first kappa shape index (κ1) is 11.8. The number of pyridine rings is 1. The van der Waals surface area contributed by atoms with Crippen LogP contribution in [0.1, 0.15) is 18.4 Å². The van der Waals surface area contributed by atoms with E-state index in [0.29, 0.717) is 6.54 Å². The zero-order valence-corrected chi connectivity index (χ0v) is 10.3. The molecule has 2 saturated carbocycles. The van der Waals surface area contributed by atoms with Crippen molar-refractivity contribution in [3.63, 3.8) is 0 Å². The molecule has 3 rings (SSSR count). The highest BCUT2D eigenvalue weighted by Crippen LogP contribution is 2.60. The Bertz CT molecular complexity index is 432. The quantitative estimate of drug-likeness (QED) is 0.896. The summed E-state index contributed by atoms with van der Waals surface area (Å²) >= 11 is 0. The van der Waals surface area contributed by atoms with Gasteiger partial charge in [0.25, 0.3) is 0 Å². The molecule has 0 bridgehead atoms. The van der Waals surface area contributed by atoms with Gasteiger partial charge in [0.15, 0.2) is 0 Å². The fourth-order valence-electron chi connectivity index (χ4n) is 3.22. The van der Waals surface area contributed by atoms with Crippen molar-refractivity contribution in [2.45, 2.75) is 31.4 Å². The number of halogens is 2. The second-order valence-electron chi connectivity index (χ2n) is 5.42. The normalized spacial score (nSPS) is 32.1. The van der Waals surface area contributed by atoms with Crippen molar-refractivity contribution in [2.24, 2.45) is 17.6 Å². The summed E-state index contributed by atoms with van der Waals surface area (Å²) in [4.78, 5) is 6.37. The van der Waals surface area contributed by atoms with Gasteiger partial charge in [-0.15, -0.1) is 0 Å². The van der Waals surface area contributed by atoms with E-state index in [0.717, 1.165) is 11.4 Å². The molecule has 3 atom stereocenters. The molecule has 0 radical (unpaired) electrons. The van der Waals surface area contributed by atoms with Crippen LogP contribution in [0.4, 0.5) is 14.6 Å². The Morgan fingerprint density at radius 2 is 2.06 bits per heavy atom. The van der Waals surface area contributed by atoms with Crippen LogP contribution in [0.5, 0.6) is 0 Å². The van der Waals surface area contributed by atoms with Gasteiger partial charge in [0.2, 0.25) is 5.92 Å². The summed E-state index contributed by atoms with van der Waals surface area (Å²) in [5.74, 6) is -1.32. The largest absolute Gasteiger partial charge is 0.356 e. The average Bonchev–Trinajstić information content (AvgIpc) is 2.87. The van der Waals surface area contributed by atoms with Crippen LogP contribution in [0.25, 0.3) is 0 Å². The zero-order valence-electron chi connectivity index (χ0n) is 10.3. The molecule has 0 aromatic carbocycles. The Balaban J connectivity index is 1.68. The molecule has 1 aromatic rings. The molecule has 3 nitrogen and oxygen atoms in total. The summed E-state index contributed by atoms with van der Waals surface area (Å²) in [5, 5.41) is 0. The molecule has 0 saturated heterocycles. The molecule has 2 aliphatic carbocycles. The second kappa shape index (κ2) is 3.88. The maximum Gasteiger partial charge on any atom is 0.248 e. The van der Waals surface area contributed by atoms with Gasteiger partial charge < -0.3 is 10.6 Å². The maximum absolute atomic E-state index is 13.1. The van der Waals surface area contributed by atoms with Crippen LogP contribution in [0.2, 0.25) is 0 Å². The molecule has 0 spiro atoms. The average molecular weight is 253 g/mol. The van der Waals surface area contributed by atoms with E-state index >= 15 is 0 Å². The van der Waals surface area contributed by atoms with Crippen LogP contribution < -0.4 is 10.6 Å². The zero-order chi connectivity index (χ0) is 12.9. The Morgan fingerprint density at radius 1 is 1.39 bits per heavy atom. The first-order chi connectivity index (χ1) is 8.52. The van der Waals surface area contributed by atoms with E-state index in [1.54, 1.807) is 6.20 Å². The second-order valence-corrected chi connectivity index (χ2v) is 5.42. The highest BCUT2D eigenvalue weighted by molar-refractivity contribution is 5.43. The molecule has 0 aliphatic heterocycles. The van der Waals surface area contributed by atoms with E-state index in [1.807, 2.05) is 24.1 Å². The number of anilines is 1. The van der Waals surface area contributed by atoms with Crippen molar-refractivity contribution in [2.75, 3.05) is 11.9 Å². The Labute approximate surface area is 105 Å². The predicted molar refractivity (Wildman–Crippen MR) is 65.5 cm³/mol. The van der Waals surface area contributed by atoms with Gasteiger partial charge in [0, 0.05) is 38.7 Å². The lowest BCUT2D eigenvalue weighted by atomic mass is 10.1. The van der Waals surface area contributed by atoms with Crippen molar-refractivity contribution >= 4 is 5.82 Å². The molecule has 5 heteroatoms. The number of hydrogen-bond donors (Lipinski definition) is 1. The minimum atomic E-state index is -2.44. The molecule has 0 amide bonds. The van der Waals surface area contributed by atoms with Crippen LogP contribution in [0.15, 0.2) is 18.3 Å². The topological polar surface area (TPSA) is 42.1 Å². The number of fused-ring (bicyclic) bond motifs is 1. The fraction of sp³-hybridized carbons (Fsp3) is 0.615. The van der Waals surface area contributed by atoms with Gasteiger partial charge in [0.1, 0.15) is 5.82 Å². The van der Waals surface area contributed by atoms with Crippen LogP contribution in [-0.4, -0.2) is 24.0 Å². The minimum absolute atomic E-state index is 0.0353. The molecule has 2 fully saturated rings. The number of aromatic nitrogens is 1. The van der Waals surface area contributed by atoms with Crippen molar-refractivity contribution in [1.29, 1.82) is 0 Å². The minimum Gasteiger partial charge on any atom is -0.356 e. The van der Waals surface area contributed by atoms with Crippen LogP contribution in [0.3, 0.4) is 0 Å². The van der Waals surface area contributed by atoms with E-state index in [1.165, 1.54) is 0 Å². The van der Waals surface area contributed by atoms with Gasteiger partial charge in [-0.1, -0.05) is 6.07 Å². The Hall–Kier alpha value is -1.23. The third-order valence-electron chi connectivity index (χ3n) is 4.21. The summed E-state index contributed by atoms with van der Waals surface area (Å²) in [6.07, 6.45) is 1.82. The van der Waals surface area contributed by atoms with E-state index in [2.05, 4.69) is 4.98 Å². The van der Waals surface area contributed by atoms with Crippen molar-refractivity contribution in [3.05, 3.63) is 23.9 Å². The van der Waals surface area contributed by atoms with E-state index < -0.39 is 5.92 Å². The molecule has 1 aromatic heterocycles. The summed E-state index contributed by atoms with van der Waals surface area (Å²) < 4.78 is 26.2. The number of nitrogens with two attached hydrogens (primary N) is 1. The van der Waals surface area contributed by atoms with Crippen molar-refractivity contribution in [3.8, 4) is 0 Å². The third-order valence-corrected chi connectivity index (χ3v) is 4.21. The molecule has 2 aliphatic rings. The summed E-state index contributed by atoms with van der Waals surface area (Å²) in [6.45, 7) is 0.470. The fourth-order valence-corrected chi connectivity index (χ4v) is 3.22. The third kappa shape index (κ3) is 1.86. The van der Waals surface area contributed by atoms with Gasteiger partial charge in [-0.25, -0.2) is 13.8 Å². The number of rotatable bonds is 3. The summed E-state index contributed by atoms with van der Waals surface area (Å²) in [6, 6.07) is 4.08. The number of hydrogen-bond acceptors (Lipinski definition) is 3. The van der Waals surface area contributed by atoms with Crippen molar-refractivity contribution < 1.29 is 8.78 Å².